The monoisotopic (exact) mass is 265 g/mol. The number of nitrogen functional groups attached to an aromatic ring is 1. The Labute approximate surface area is 105 Å². The maximum absolute atomic E-state index is 10.9. The Morgan fingerprint density at radius 1 is 1.21 bits per heavy atom. The predicted molar refractivity (Wildman–Crippen MR) is 62.2 cm³/mol. The highest BCUT2D eigenvalue weighted by molar-refractivity contribution is 5.69. The van der Waals surface area contributed by atoms with Crippen LogP contribution in [0, 0.1) is 27.2 Å². The van der Waals surface area contributed by atoms with Crippen molar-refractivity contribution >= 4 is 17.4 Å². The van der Waals surface area contributed by atoms with Gasteiger partial charge in [-0.05, 0) is 6.92 Å². The smallest absolute Gasteiger partial charge is 0.313 e. The van der Waals surface area contributed by atoms with E-state index in [-0.39, 0.29) is 23.0 Å². The third-order valence-electron chi connectivity index (χ3n) is 2.44. The molecule has 1 aromatic carbocycles. The van der Waals surface area contributed by atoms with Crippen LogP contribution in [0.2, 0.25) is 0 Å². The molecule has 0 aliphatic rings. The zero-order valence-corrected chi connectivity index (χ0v) is 9.56. The largest absolute Gasteiger partial charge is 0.404 e. The van der Waals surface area contributed by atoms with E-state index in [1.807, 2.05) is 0 Å². The molecular formula is C9H7N5O5. The Hall–Kier alpha value is -3.04. The molecule has 0 unspecified atom stereocenters. The highest BCUT2D eigenvalue weighted by atomic mass is 16.6. The fourth-order valence-corrected chi connectivity index (χ4v) is 1.54. The maximum atomic E-state index is 10.9. The van der Waals surface area contributed by atoms with E-state index < -0.39 is 21.2 Å². The summed E-state index contributed by atoms with van der Waals surface area (Å²) in [5, 5.41) is 28.6. The Bertz CT molecular complexity index is 680. The molecule has 10 heteroatoms. The van der Waals surface area contributed by atoms with Crippen LogP contribution in [0.4, 0.5) is 17.4 Å². The van der Waals surface area contributed by atoms with E-state index in [1.54, 1.807) is 0 Å². The van der Waals surface area contributed by atoms with Crippen LogP contribution in [-0.4, -0.2) is 20.0 Å². The average molecular weight is 265 g/mol. The highest BCUT2D eigenvalue weighted by Gasteiger charge is 2.24. The van der Waals surface area contributed by atoms with Gasteiger partial charge in [-0.2, -0.15) is 0 Å². The maximum Gasteiger partial charge on any atom is 0.313 e. The number of nitrogens with zero attached hydrogens (tertiary/aromatic N) is 4. The summed E-state index contributed by atoms with van der Waals surface area (Å²) < 4.78 is 4.93. The fourth-order valence-electron chi connectivity index (χ4n) is 1.54. The normalized spacial score (nSPS) is 10.4. The lowest BCUT2D eigenvalue weighted by molar-refractivity contribution is -0.394. The van der Waals surface area contributed by atoms with Crippen LogP contribution < -0.4 is 5.73 Å². The minimum atomic E-state index is -0.740. The summed E-state index contributed by atoms with van der Waals surface area (Å²) in [6.07, 6.45) is 0. The van der Waals surface area contributed by atoms with Crippen molar-refractivity contribution in [1.82, 2.24) is 10.2 Å². The lowest BCUT2D eigenvalue weighted by Crippen LogP contribution is -1.98. The minimum Gasteiger partial charge on any atom is -0.404 e. The molecule has 1 heterocycles. The van der Waals surface area contributed by atoms with E-state index in [1.165, 1.54) is 6.92 Å². The number of non-ortho nitro benzene ring substituents is 1. The predicted octanol–water partition coefficient (Wildman–Crippen LogP) is 1.44. The first-order chi connectivity index (χ1) is 8.90. The molecule has 0 aliphatic heterocycles. The second kappa shape index (κ2) is 4.33. The number of nitrogens with two attached hydrogens (primary N) is 1. The lowest BCUT2D eigenvalue weighted by atomic mass is 10.1. The van der Waals surface area contributed by atoms with Crippen LogP contribution in [0.5, 0.6) is 0 Å². The van der Waals surface area contributed by atoms with Gasteiger partial charge in [0, 0.05) is 11.6 Å². The van der Waals surface area contributed by atoms with E-state index in [0.717, 1.165) is 12.1 Å². The van der Waals surface area contributed by atoms with Crippen LogP contribution in [0.1, 0.15) is 5.56 Å². The van der Waals surface area contributed by atoms with Crippen molar-refractivity contribution in [3.8, 4) is 11.5 Å². The SMILES string of the molecule is Cc1c(-c2nnc(N)o2)cc([N+](=O)[O-])cc1[N+](=O)[O-]. The number of rotatable bonds is 3. The van der Waals surface area contributed by atoms with E-state index in [0.29, 0.717) is 0 Å². The van der Waals surface area contributed by atoms with Gasteiger partial charge >= 0.3 is 6.01 Å². The van der Waals surface area contributed by atoms with Crippen molar-refractivity contribution in [3.63, 3.8) is 0 Å². The summed E-state index contributed by atoms with van der Waals surface area (Å²) >= 11 is 0. The van der Waals surface area contributed by atoms with Gasteiger partial charge in [0.05, 0.1) is 21.5 Å². The Morgan fingerprint density at radius 2 is 1.89 bits per heavy atom. The molecule has 10 nitrogen and oxygen atoms in total. The number of nitro groups is 2. The summed E-state index contributed by atoms with van der Waals surface area (Å²) in [4.78, 5) is 20.2. The van der Waals surface area contributed by atoms with Crippen LogP contribution >= 0.6 is 0 Å². The third-order valence-corrected chi connectivity index (χ3v) is 2.44. The molecule has 2 N–H and O–H groups in total. The molecule has 2 aromatic rings. The lowest BCUT2D eigenvalue weighted by Gasteiger charge is -2.02. The highest BCUT2D eigenvalue weighted by Crippen LogP contribution is 2.33. The van der Waals surface area contributed by atoms with Gasteiger partial charge in [0.1, 0.15) is 0 Å². The zero-order valence-electron chi connectivity index (χ0n) is 9.56. The average Bonchev–Trinajstić information content (AvgIpc) is 2.75. The van der Waals surface area contributed by atoms with E-state index >= 15 is 0 Å². The molecule has 0 radical (unpaired) electrons. The molecule has 0 saturated carbocycles. The van der Waals surface area contributed by atoms with Gasteiger partial charge in [0.2, 0.25) is 0 Å². The molecule has 0 saturated heterocycles. The second-order valence-electron chi connectivity index (χ2n) is 3.60. The molecule has 19 heavy (non-hydrogen) atoms. The molecule has 0 fully saturated rings. The van der Waals surface area contributed by atoms with Crippen molar-refractivity contribution in [3.05, 3.63) is 37.9 Å². The standard InChI is InChI=1S/C9H7N5O5/c1-4-6(8-11-12-9(10)19-8)2-5(13(15)16)3-7(4)14(17)18/h2-3H,1H3,(H2,10,12). The van der Waals surface area contributed by atoms with Crippen molar-refractivity contribution in [2.45, 2.75) is 6.92 Å². The van der Waals surface area contributed by atoms with Crippen LogP contribution in [0.25, 0.3) is 11.5 Å². The first-order valence-corrected chi connectivity index (χ1v) is 4.93. The second-order valence-corrected chi connectivity index (χ2v) is 3.60. The summed E-state index contributed by atoms with van der Waals surface area (Å²) in [5.74, 6) is -0.109. The number of anilines is 1. The third kappa shape index (κ3) is 2.18. The fraction of sp³-hybridized carbons (Fsp3) is 0.111. The number of hydrogen-bond donors (Lipinski definition) is 1. The van der Waals surface area contributed by atoms with Crippen molar-refractivity contribution in [1.29, 1.82) is 0 Å². The van der Waals surface area contributed by atoms with Gasteiger partial charge in [-0.25, -0.2) is 0 Å². The van der Waals surface area contributed by atoms with Crippen LogP contribution in [-0.2, 0) is 0 Å². The molecule has 0 bridgehead atoms. The number of benzene rings is 1. The summed E-state index contributed by atoms with van der Waals surface area (Å²) in [5.41, 5.74) is 4.69. The molecule has 0 spiro atoms. The van der Waals surface area contributed by atoms with Crippen LogP contribution in [0.3, 0.4) is 0 Å². The molecule has 0 atom stereocenters. The van der Waals surface area contributed by atoms with Gasteiger partial charge < -0.3 is 10.2 Å². The van der Waals surface area contributed by atoms with E-state index in [9.17, 15) is 20.2 Å². The van der Waals surface area contributed by atoms with Gasteiger partial charge in [-0.3, -0.25) is 20.2 Å². The van der Waals surface area contributed by atoms with E-state index in [4.69, 9.17) is 10.2 Å². The number of hydrogen-bond acceptors (Lipinski definition) is 8. The first kappa shape index (κ1) is 12.4. The van der Waals surface area contributed by atoms with Crippen LogP contribution in [0.15, 0.2) is 16.5 Å². The molecule has 0 amide bonds. The van der Waals surface area contributed by atoms with Gasteiger partial charge in [-0.1, -0.05) is 5.10 Å². The Morgan fingerprint density at radius 3 is 2.37 bits per heavy atom. The van der Waals surface area contributed by atoms with Gasteiger partial charge in [0.15, 0.2) is 0 Å². The van der Waals surface area contributed by atoms with Crippen molar-refractivity contribution < 1.29 is 14.3 Å². The summed E-state index contributed by atoms with van der Waals surface area (Å²) in [6.45, 7) is 1.43. The molecule has 2 rings (SSSR count). The first-order valence-electron chi connectivity index (χ1n) is 4.93. The van der Waals surface area contributed by atoms with Crippen molar-refractivity contribution in [2.24, 2.45) is 0 Å². The summed E-state index contributed by atoms with van der Waals surface area (Å²) in [6, 6.07) is 1.76. The summed E-state index contributed by atoms with van der Waals surface area (Å²) in [7, 11) is 0. The quantitative estimate of drug-likeness (QED) is 0.646. The van der Waals surface area contributed by atoms with Gasteiger partial charge in [0.25, 0.3) is 17.3 Å². The van der Waals surface area contributed by atoms with Crippen molar-refractivity contribution in [2.75, 3.05) is 5.73 Å². The number of nitro benzene ring substituents is 2. The topological polar surface area (TPSA) is 151 Å². The van der Waals surface area contributed by atoms with Gasteiger partial charge in [-0.15, -0.1) is 5.10 Å². The molecular weight excluding hydrogens is 258 g/mol. The number of aromatic nitrogens is 2. The minimum absolute atomic E-state index is 0.102. The molecule has 1 aromatic heterocycles. The zero-order chi connectivity index (χ0) is 14.2. The molecule has 0 aliphatic carbocycles. The Kier molecular flexibility index (Phi) is 2.83. The Balaban J connectivity index is 2.72. The molecule has 98 valence electrons. The van der Waals surface area contributed by atoms with E-state index in [2.05, 4.69) is 10.2 Å².